The highest BCUT2D eigenvalue weighted by molar-refractivity contribution is 5.72. The maximum Gasteiger partial charge on any atom is 0.362 e. The number of esters is 2. The third-order valence-electron chi connectivity index (χ3n) is 12.6. The number of allylic oxidation sites excluding steroid dienone is 4. The van der Waals surface area contributed by atoms with Crippen molar-refractivity contribution in [2.45, 2.75) is 276 Å². The molecule has 0 radical (unpaired) electrons. The SMILES string of the molecule is CCCCCCCCCC/C=C/CCCCCCCCCC(=O)OC(COCCC(C(=O)O)[N+](C)(C)C)COC(=O)CCCCCCCCC/C=C/CCCCCCCCCCCC. The van der Waals surface area contributed by atoms with Crippen molar-refractivity contribution >= 4 is 17.9 Å². The Hall–Kier alpha value is -2.19. The van der Waals surface area contributed by atoms with Gasteiger partial charge in [-0.2, -0.15) is 0 Å². The quantitative estimate of drug-likeness (QED) is 0.0281. The van der Waals surface area contributed by atoms with Crippen LogP contribution in [-0.4, -0.2) is 80.6 Å². The molecule has 0 fully saturated rings. The lowest BCUT2D eigenvalue weighted by molar-refractivity contribution is -0.887. The van der Waals surface area contributed by atoms with Crippen LogP contribution in [0.15, 0.2) is 24.3 Å². The van der Waals surface area contributed by atoms with Gasteiger partial charge in [-0.25, -0.2) is 4.79 Å². The molecule has 0 heterocycles. The molecule has 2 unspecified atom stereocenters. The molecule has 0 aromatic carbocycles. The first kappa shape index (κ1) is 61.8. The van der Waals surface area contributed by atoms with Crippen LogP contribution in [0.2, 0.25) is 0 Å². The molecule has 0 aromatic rings. The summed E-state index contributed by atoms with van der Waals surface area (Å²) in [6, 6.07) is -0.615. The van der Waals surface area contributed by atoms with Crippen LogP contribution in [0.1, 0.15) is 264 Å². The maximum atomic E-state index is 12.8. The highest BCUT2D eigenvalue weighted by Gasteiger charge is 2.31. The molecule has 0 aliphatic rings. The number of rotatable bonds is 50. The lowest BCUT2D eigenvalue weighted by atomic mass is 10.1. The smallest absolute Gasteiger partial charge is 0.362 e. The molecule has 8 nitrogen and oxygen atoms in total. The molecule has 1 N–H and O–H groups in total. The Labute approximate surface area is 396 Å². The Morgan fingerprint density at radius 3 is 1.12 bits per heavy atom. The average Bonchev–Trinajstić information content (AvgIpc) is 3.26. The molecule has 0 aliphatic carbocycles. The van der Waals surface area contributed by atoms with E-state index in [1.54, 1.807) is 0 Å². The van der Waals surface area contributed by atoms with Gasteiger partial charge in [0.1, 0.15) is 6.61 Å². The summed E-state index contributed by atoms with van der Waals surface area (Å²) < 4.78 is 17.4. The minimum Gasteiger partial charge on any atom is -0.477 e. The molecule has 0 saturated carbocycles. The Morgan fingerprint density at radius 1 is 0.453 bits per heavy atom. The second kappa shape index (κ2) is 47.3. The van der Waals surface area contributed by atoms with Gasteiger partial charge in [-0.1, -0.05) is 205 Å². The van der Waals surface area contributed by atoms with E-state index in [4.69, 9.17) is 14.2 Å². The highest BCUT2D eigenvalue weighted by Crippen LogP contribution is 2.16. The molecule has 0 bridgehead atoms. The lowest BCUT2D eigenvalue weighted by Crippen LogP contribution is -2.50. The molecule has 376 valence electrons. The molecular formula is C56H106NO7+. The van der Waals surface area contributed by atoms with E-state index in [2.05, 4.69) is 38.2 Å². The van der Waals surface area contributed by atoms with Gasteiger partial charge < -0.3 is 23.8 Å². The number of hydrogen-bond acceptors (Lipinski definition) is 6. The number of nitrogens with zero attached hydrogens (tertiary/aromatic N) is 1. The first-order valence-corrected chi connectivity index (χ1v) is 27.4. The topological polar surface area (TPSA) is 99.1 Å². The molecule has 0 aromatic heterocycles. The van der Waals surface area contributed by atoms with E-state index in [0.29, 0.717) is 19.3 Å². The Morgan fingerprint density at radius 2 is 0.781 bits per heavy atom. The standard InChI is InChI=1S/C56H105NO7/c1-6-8-10-12-14-16-18-20-22-24-26-27-29-30-32-34-36-38-40-42-44-46-54(58)63-51-52(50-62-49-48-53(56(60)61)57(3,4)5)64-55(59)47-45-43-41-39-37-35-33-31-28-25-23-21-19-17-15-13-11-9-7-2/h25,27-29,52-53H,6-24,26,30-51H2,1-5H3/p+1/b28-25+,29-27+. The van der Waals surface area contributed by atoms with Crippen LogP contribution < -0.4 is 0 Å². The second-order valence-corrected chi connectivity index (χ2v) is 19.8. The summed E-state index contributed by atoms with van der Waals surface area (Å²) >= 11 is 0. The van der Waals surface area contributed by atoms with E-state index in [1.807, 2.05) is 21.1 Å². The number of carbonyl (C=O) groups excluding carboxylic acids is 2. The fourth-order valence-corrected chi connectivity index (χ4v) is 8.32. The van der Waals surface area contributed by atoms with Crippen molar-refractivity contribution < 1.29 is 38.2 Å². The Bertz CT molecular complexity index is 1100. The van der Waals surface area contributed by atoms with E-state index < -0.39 is 18.1 Å². The largest absolute Gasteiger partial charge is 0.477 e. The zero-order chi connectivity index (χ0) is 47.0. The van der Waals surface area contributed by atoms with E-state index in [1.165, 1.54) is 193 Å². The normalized spacial score (nSPS) is 13.0. The number of quaternary nitrogens is 1. The maximum absolute atomic E-state index is 12.8. The number of hydrogen-bond donors (Lipinski definition) is 1. The number of carboxylic acid groups (broad SMARTS) is 1. The molecule has 2 atom stereocenters. The summed E-state index contributed by atoms with van der Waals surface area (Å²) in [7, 11) is 5.54. The van der Waals surface area contributed by atoms with Crippen molar-refractivity contribution in [2.24, 2.45) is 0 Å². The number of unbranched alkanes of at least 4 members (excludes halogenated alkanes) is 32. The van der Waals surface area contributed by atoms with Crippen molar-refractivity contribution in [3.63, 3.8) is 0 Å². The summed E-state index contributed by atoms with van der Waals surface area (Å²) in [5.41, 5.74) is 0. The summed E-state index contributed by atoms with van der Waals surface area (Å²) in [5, 5.41) is 9.66. The predicted octanol–water partition coefficient (Wildman–Crippen LogP) is 16.0. The number of aliphatic carboxylic acids is 1. The first-order chi connectivity index (χ1) is 31.1. The van der Waals surface area contributed by atoms with Gasteiger partial charge in [0.2, 0.25) is 0 Å². The predicted molar refractivity (Wildman–Crippen MR) is 271 cm³/mol. The van der Waals surface area contributed by atoms with E-state index in [0.717, 1.165) is 38.5 Å². The van der Waals surface area contributed by atoms with Gasteiger partial charge in [-0.3, -0.25) is 9.59 Å². The van der Waals surface area contributed by atoms with Gasteiger partial charge in [0, 0.05) is 19.3 Å². The lowest BCUT2D eigenvalue weighted by Gasteiger charge is -2.31. The van der Waals surface area contributed by atoms with Crippen molar-refractivity contribution in [1.82, 2.24) is 0 Å². The van der Waals surface area contributed by atoms with E-state index in [9.17, 15) is 19.5 Å². The minimum absolute atomic E-state index is 0.0512. The molecule has 0 aliphatic heterocycles. The summed E-state index contributed by atoms with van der Waals surface area (Å²) in [4.78, 5) is 37.2. The van der Waals surface area contributed by atoms with Gasteiger partial charge >= 0.3 is 17.9 Å². The highest BCUT2D eigenvalue weighted by atomic mass is 16.6. The van der Waals surface area contributed by atoms with Crippen molar-refractivity contribution in [3.8, 4) is 0 Å². The molecule has 0 spiro atoms. The van der Waals surface area contributed by atoms with Crippen LogP contribution in [0.25, 0.3) is 0 Å². The van der Waals surface area contributed by atoms with Crippen LogP contribution in [0, 0.1) is 0 Å². The molecular weight excluding hydrogens is 799 g/mol. The van der Waals surface area contributed by atoms with E-state index >= 15 is 0 Å². The number of carbonyl (C=O) groups is 3. The average molecular weight is 905 g/mol. The fraction of sp³-hybridized carbons (Fsp3) is 0.875. The first-order valence-electron chi connectivity index (χ1n) is 27.4. The third-order valence-corrected chi connectivity index (χ3v) is 12.6. The summed E-state index contributed by atoms with van der Waals surface area (Å²) in [6.07, 6.45) is 55.2. The molecule has 0 saturated heterocycles. The van der Waals surface area contributed by atoms with Gasteiger partial charge in [-0.05, 0) is 64.2 Å². The monoisotopic (exact) mass is 905 g/mol. The van der Waals surface area contributed by atoms with Crippen LogP contribution >= 0.6 is 0 Å². The number of ether oxygens (including phenoxy) is 3. The molecule has 64 heavy (non-hydrogen) atoms. The van der Waals surface area contributed by atoms with Crippen LogP contribution in [0.4, 0.5) is 0 Å². The van der Waals surface area contributed by atoms with Crippen molar-refractivity contribution in [2.75, 3.05) is 41.0 Å². The zero-order valence-electron chi connectivity index (χ0n) is 43.0. The summed E-state index contributed by atoms with van der Waals surface area (Å²) in [5.74, 6) is -1.46. The number of carboxylic acids is 1. The zero-order valence-corrected chi connectivity index (χ0v) is 43.0. The molecule has 0 amide bonds. The number of likely N-dealkylation sites (N-methyl/N-ethyl adjacent to an activating group) is 1. The Kier molecular flexibility index (Phi) is 45.7. The van der Waals surface area contributed by atoms with Crippen LogP contribution in [0.5, 0.6) is 0 Å². The minimum atomic E-state index is -0.873. The summed E-state index contributed by atoms with van der Waals surface area (Å²) in [6.45, 7) is 4.77. The van der Waals surface area contributed by atoms with E-state index in [-0.39, 0.29) is 36.2 Å². The van der Waals surface area contributed by atoms with Gasteiger partial charge in [-0.15, -0.1) is 0 Å². The Balaban J connectivity index is 4.20. The fourth-order valence-electron chi connectivity index (χ4n) is 8.32. The van der Waals surface area contributed by atoms with Crippen LogP contribution in [-0.2, 0) is 28.6 Å². The van der Waals surface area contributed by atoms with Crippen molar-refractivity contribution in [3.05, 3.63) is 24.3 Å². The third kappa shape index (κ3) is 45.0. The van der Waals surface area contributed by atoms with Gasteiger partial charge in [0.25, 0.3) is 0 Å². The van der Waals surface area contributed by atoms with Gasteiger partial charge in [0.15, 0.2) is 12.1 Å². The van der Waals surface area contributed by atoms with Crippen LogP contribution in [0.3, 0.4) is 0 Å². The molecule has 0 rings (SSSR count). The second-order valence-electron chi connectivity index (χ2n) is 19.8. The van der Waals surface area contributed by atoms with Crippen molar-refractivity contribution in [1.29, 1.82) is 0 Å². The van der Waals surface area contributed by atoms with Gasteiger partial charge in [0.05, 0.1) is 34.4 Å². The molecule has 8 heteroatoms.